The molecule has 1 aromatic heterocycles. The highest BCUT2D eigenvalue weighted by molar-refractivity contribution is 7.91. The molecule has 1 saturated heterocycles. The van der Waals surface area contributed by atoms with Gasteiger partial charge in [0.15, 0.2) is 9.84 Å². The van der Waals surface area contributed by atoms with Crippen LogP contribution in [0.25, 0.3) is 0 Å². The molecule has 1 aliphatic rings. The van der Waals surface area contributed by atoms with Crippen molar-refractivity contribution in [3.63, 3.8) is 0 Å². The van der Waals surface area contributed by atoms with Crippen LogP contribution in [0.1, 0.15) is 29.3 Å². The lowest BCUT2D eigenvalue weighted by Gasteiger charge is -2.23. The highest BCUT2D eigenvalue weighted by Gasteiger charge is 2.31. The normalized spacial score (nSPS) is 18.5. The van der Waals surface area contributed by atoms with E-state index in [-0.39, 0.29) is 23.5 Å². The lowest BCUT2D eigenvalue weighted by atomic mass is 10.1. The van der Waals surface area contributed by atoms with Crippen molar-refractivity contribution >= 4 is 27.4 Å². The number of hydrogen-bond donors (Lipinski definition) is 1. The van der Waals surface area contributed by atoms with Crippen molar-refractivity contribution in [3.05, 3.63) is 47.8 Å². The van der Waals surface area contributed by atoms with Crippen LogP contribution in [0.15, 0.2) is 36.7 Å². The number of amides is 1. The molecule has 0 saturated carbocycles. The summed E-state index contributed by atoms with van der Waals surface area (Å²) in [7, 11) is -1.20. The third-order valence-electron chi connectivity index (χ3n) is 4.62. The molecule has 1 N–H and O–H groups in total. The third-order valence-corrected chi connectivity index (χ3v) is 6.37. The van der Waals surface area contributed by atoms with Crippen molar-refractivity contribution in [1.29, 1.82) is 0 Å². The van der Waals surface area contributed by atoms with Crippen molar-refractivity contribution in [2.45, 2.75) is 25.8 Å². The van der Waals surface area contributed by atoms with Gasteiger partial charge in [0.05, 0.1) is 17.1 Å². The summed E-state index contributed by atoms with van der Waals surface area (Å²) >= 11 is 0. The standard InChI is InChI=1S/C18H22N4O3S/c1-3-13-6-4-5-7-16(13)21-17(23)14-10-19-18(20-11-14)22(2)15-8-9-26(24,25)12-15/h4-7,10-11,15H,3,8-9,12H2,1-2H3,(H,21,23). The summed E-state index contributed by atoms with van der Waals surface area (Å²) in [6.07, 6.45) is 4.32. The Balaban J connectivity index is 1.70. The average Bonchev–Trinajstić information content (AvgIpc) is 3.01. The van der Waals surface area contributed by atoms with Crippen LogP contribution in [0, 0.1) is 0 Å². The van der Waals surface area contributed by atoms with Gasteiger partial charge < -0.3 is 10.2 Å². The lowest BCUT2D eigenvalue weighted by Crippen LogP contribution is -2.34. The average molecular weight is 374 g/mol. The predicted molar refractivity (Wildman–Crippen MR) is 101 cm³/mol. The highest BCUT2D eigenvalue weighted by Crippen LogP contribution is 2.20. The molecule has 1 aliphatic heterocycles. The molecule has 26 heavy (non-hydrogen) atoms. The molecule has 7 nitrogen and oxygen atoms in total. The van der Waals surface area contributed by atoms with Crippen LogP contribution >= 0.6 is 0 Å². The zero-order valence-electron chi connectivity index (χ0n) is 14.8. The first kappa shape index (κ1) is 18.3. The van der Waals surface area contributed by atoms with E-state index in [4.69, 9.17) is 0 Å². The number of hydrogen-bond acceptors (Lipinski definition) is 6. The minimum absolute atomic E-state index is 0.114. The molecule has 3 rings (SSSR count). The van der Waals surface area contributed by atoms with Crippen molar-refractivity contribution in [2.24, 2.45) is 0 Å². The minimum atomic E-state index is -2.97. The van der Waals surface area contributed by atoms with Gasteiger partial charge in [0.25, 0.3) is 5.91 Å². The monoisotopic (exact) mass is 374 g/mol. The number of para-hydroxylation sites is 1. The molecule has 2 heterocycles. The molecule has 8 heteroatoms. The van der Waals surface area contributed by atoms with Crippen LogP contribution in [0.4, 0.5) is 11.6 Å². The van der Waals surface area contributed by atoms with Crippen LogP contribution in [-0.2, 0) is 16.3 Å². The van der Waals surface area contributed by atoms with Crippen LogP contribution < -0.4 is 10.2 Å². The van der Waals surface area contributed by atoms with E-state index in [1.807, 2.05) is 31.2 Å². The number of carbonyl (C=O) groups is 1. The molecular formula is C18H22N4O3S. The molecule has 0 bridgehead atoms. The molecule has 0 spiro atoms. The number of nitrogens with one attached hydrogen (secondary N) is 1. The van der Waals surface area contributed by atoms with E-state index in [0.29, 0.717) is 17.9 Å². The summed E-state index contributed by atoms with van der Waals surface area (Å²) in [4.78, 5) is 22.7. The molecule has 1 amide bonds. The van der Waals surface area contributed by atoms with E-state index in [2.05, 4.69) is 15.3 Å². The maximum Gasteiger partial charge on any atom is 0.258 e. The van der Waals surface area contributed by atoms with E-state index in [1.54, 1.807) is 11.9 Å². The minimum Gasteiger partial charge on any atom is -0.340 e. The maximum atomic E-state index is 12.4. The van der Waals surface area contributed by atoms with Crippen molar-refractivity contribution in [2.75, 3.05) is 28.8 Å². The Morgan fingerprint density at radius 2 is 1.96 bits per heavy atom. The quantitative estimate of drug-likeness (QED) is 0.859. The molecule has 1 unspecified atom stereocenters. The Hall–Kier alpha value is -2.48. The Bertz CT molecular complexity index is 897. The van der Waals surface area contributed by atoms with Gasteiger partial charge in [-0.25, -0.2) is 18.4 Å². The number of nitrogens with zero attached hydrogens (tertiary/aromatic N) is 3. The van der Waals surface area contributed by atoms with Gasteiger partial charge in [-0.1, -0.05) is 25.1 Å². The van der Waals surface area contributed by atoms with E-state index in [0.717, 1.165) is 17.7 Å². The third kappa shape index (κ3) is 4.01. The number of aryl methyl sites for hydroxylation is 1. The summed E-state index contributed by atoms with van der Waals surface area (Å²) in [5.74, 6) is 0.448. The number of sulfone groups is 1. The van der Waals surface area contributed by atoms with Gasteiger partial charge in [0, 0.05) is 31.2 Å². The van der Waals surface area contributed by atoms with Gasteiger partial charge in [-0.3, -0.25) is 4.79 Å². The zero-order valence-corrected chi connectivity index (χ0v) is 15.7. The highest BCUT2D eigenvalue weighted by atomic mass is 32.2. The Labute approximate surface area is 153 Å². The fourth-order valence-electron chi connectivity index (χ4n) is 3.01. The first-order valence-electron chi connectivity index (χ1n) is 8.54. The Morgan fingerprint density at radius 1 is 1.27 bits per heavy atom. The van der Waals surface area contributed by atoms with Crippen LogP contribution in [0.2, 0.25) is 0 Å². The van der Waals surface area contributed by atoms with Crippen molar-refractivity contribution in [3.8, 4) is 0 Å². The predicted octanol–water partition coefficient (Wildman–Crippen LogP) is 1.91. The van der Waals surface area contributed by atoms with Gasteiger partial charge in [-0.05, 0) is 24.5 Å². The van der Waals surface area contributed by atoms with Gasteiger partial charge in [0.1, 0.15) is 0 Å². The molecule has 0 radical (unpaired) electrons. The smallest absolute Gasteiger partial charge is 0.258 e. The maximum absolute atomic E-state index is 12.4. The summed E-state index contributed by atoms with van der Waals surface area (Å²) in [6, 6.07) is 7.51. The van der Waals surface area contributed by atoms with Crippen LogP contribution in [-0.4, -0.2) is 48.9 Å². The van der Waals surface area contributed by atoms with E-state index in [9.17, 15) is 13.2 Å². The summed E-state index contributed by atoms with van der Waals surface area (Å²) in [5.41, 5.74) is 2.19. The molecular weight excluding hydrogens is 352 g/mol. The molecule has 138 valence electrons. The molecule has 2 aromatic rings. The largest absolute Gasteiger partial charge is 0.340 e. The SMILES string of the molecule is CCc1ccccc1NC(=O)c1cnc(N(C)C2CCS(=O)(=O)C2)nc1. The summed E-state index contributed by atoms with van der Waals surface area (Å²) in [5, 5.41) is 2.88. The van der Waals surface area contributed by atoms with Gasteiger partial charge in [-0.2, -0.15) is 0 Å². The van der Waals surface area contributed by atoms with E-state index in [1.165, 1.54) is 12.4 Å². The summed E-state index contributed by atoms with van der Waals surface area (Å²) in [6.45, 7) is 2.03. The molecule has 0 aliphatic carbocycles. The second kappa shape index (κ2) is 7.41. The van der Waals surface area contributed by atoms with Crippen LogP contribution in [0.5, 0.6) is 0 Å². The van der Waals surface area contributed by atoms with Gasteiger partial charge in [0.2, 0.25) is 5.95 Å². The van der Waals surface area contributed by atoms with E-state index >= 15 is 0 Å². The topological polar surface area (TPSA) is 92.3 Å². The molecule has 1 fully saturated rings. The van der Waals surface area contributed by atoms with Gasteiger partial charge in [-0.15, -0.1) is 0 Å². The zero-order chi connectivity index (χ0) is 18.7. The van der Waals surface area contributed by atoms with Crippen LogP contribution in [0.3, 0.4) is 0 Å². The summed E-state index contributed by atoms with van der Waals surface area (Å²) < 4.78 is 23.3. The lowest BCUT2D eigenvalue weighted by molar-refractivity contribution is 0.102. The fourth-order valence-corrected chi connectivity index (χ4v) is 4.78. The first-order chi connectivity index (χ1) is 12.4. The van der Waals surface area contributed by atoms with E-state index < -0.39 is 9.84 Å². The van der Waals surface area contributed by atoms with Gasteiger partial charge >= 0.3 is 0 Å². The second-order valence-corrected chi connectivity index (χ2v) is 8.63. The Kier molecular flexibility index (Phi) is 5.22. The number of rotatable bonds is 5. The number of carbonyl (C=O) groups excluding carboxylic acids is 1. The number of benzene rings is 1. The number of anilines is 2. The van der Waals surface area contributed by atoms with Crippen molar-refractivity contribution < 1.29 is 13.2 Å². The van der Waals surface area contributed by atoms with Crippen molar-refractivity contribution in [1.82, 2.24) is 9.97 Å². The molecule has 1 aromatic carbocycles. The second-order valence-electron chi connectivity index (χ2n) is 6.40. The molecule has 1 atom stereocenters. The Morgan fingerprint density at radius 3 is 2.58 bits per heavy atom. The number of aromatic nitrogens is 2. The first-order valence-corrected chi connectivity index (χ1v) is 10.4. The fraction of sp³-hybridized carbons (Fsp3) is 0.389.